The fourth-order valence-corrected chi connectivity index (χ4v) is 4.65. The van der Waals surface area contributed by atoms with E-state index in [1.165, 1.54) is 36.5 Å². The largest absolute Gasteiger partial charge is 0.289 e. The Hall–Kier alpha value is -1.73. The van der Waals surface area contributed by atoms with Crippen LogP contribution in [0, 0.1) is 0 Å². The zero-order valence-corrected chi connectivity index (χ0v) is 15.1. The molecule has 8 heteroatoms. The minimum Gasteiger partial charge on any atom is -0.289 e. The Bertz CT molecular complexity index is 998. The lowest BCUT2D eigenvalue weighted by Gasteiger charge is -2.06. The van der Waals surface area contributed by atoms with E-state index in [1.807, 2.05) is 0 Å². The maximum absolute atomic E-state index is 12.5. The minimum absolute atomic E-state index is 0.0134. The molecule has 1 aromatic heterocycles. The van der Waals surface area contributed by atoms with Crippen LogP contribution in [0.1, 0.15) is 15.9 Å². The van der Waals surface area contributed by atoms with Gasteiger partial charge < -0.3 is 0 Å². The van der Waals surface area contributed by atoms with Gasteiger partial charge in [0.1, 0.15) is 0 Å². The number of thiazole rings is 1. The van der Waals surface area contributed by atoms with Gasteiger partial charge in [-0.2, -0.15) is 0 Å². The van der Waals surface area contributed by atoms with Crippen molar-refractivity contribution in [3.8, 4) is 0 Å². The molecule has 24 heavy (non-hydrogen) atoms. The first kappa shape index (κ1) is 17.1. The Morgan fingerprint density at radius 1 is 1.04 bits per heavy atom. The van der Waals surface area contributed by atoms with Crippen LogP contribution < -0.4 is 0 Å². The molecule has 0 atom stereocenters. The van der Waals surface area contributed by atoms with Crippen LogP contribution in [0.5, 0.6) is 0 Å². The zero-order chi connectivity index (χ0) is 17.3. The minimum atomic E-state index is -3.67. The lowest BCUT2D eigenvalue weighted by atomic mass is 10.0. The summed E-state index contributed by atoms with van der Waals surface area (Å²) < 4.78 is 24.8. The number of hydrogen-bond donors (Lipinski definition) is 0. The quantitative estimate of drug-likeness (QED) is 0.607. The van der Waals surface area contributed by atoms with Gasteiger partial charge in [0.05, 0.1) is 9.92 Å². The molecule has 0 saturated carbocycles. The lowest BCUT2D eigenvalue weighted by molar-refractivity contribution is 0.103. The summed E-state index contributed by atoms with van der Waals surface area (Å²) in [6.07, 6.45) is 1.43. The molecule has 0 aliphatic carbocycles. The van der Waals surface area contributed by atoms with Gasteiger partial charge >= 0.3 is 0 Å². The van der Waals surface area contributed by atoms with E-state index in [-0.39, 0.29) is 25.6 Å². The van der Waals surface area contributed by atoms with Gasteiger partial charge in [0.25, 0.3) is 0 Å². The van der Waals surface area contributed by atoms with Gasteiger partial charge in [-0.05, 0) is 42.5 Å². The first-order valence-corrected chi connectivity index (χ1v) is 9.76. The van der Waals surface area contributed by atoms with Crippen molar-refractivity contribution < 1.29 is 13.2 Å². The molecule has 0 radical (unpaired) electrons. The predicted octanol–water partition coefficient (Wildman–Crippen LogP) is 4.51. The fraction of sp³-hybridized carbons (Fsp3) is 0. The molecule has 0 saturated heterocycles. The van der Waals surface area contributed by atoms with Crippen molar-refractivity contribution in [1.29, 1.82) is 0 Å². The van der Waals surface area contributed by atoms with E-state index in [0.717, 1.165) is 11.3 Å². The monoisotopic (exact) mass is 397 g/mol. The standard InChI is InChI=1S/C16H9Cl2NO3S2/c17-11-3-6-14(18)13(9-11)15(20)10-1-4-12(5-2-10)24(21,22)16-19-7-8-23-16/h1-9H. The Labute approximate surface area is 152 Å². The maximum Gasteiger partial charge on any atom is 0.233 e. The van der Waals surface area contributed by atoms with Crippen LogP contribution in [0.25, 0.3) is 0 Å². The molecule has 0 bridgehead atoms. The van der Waals surface area contributed by atoms with E-state index in [2.05, 4.69) is 4.98 Å². The van der Waals surface area contributed by atoms with Crippen LogP contribution in [-0.2, 0) is 9.84 Å². The van der Waals surface area contributed by atoms with Crippen LogP contribution >= 0.6 is 34.5 Å². The van der Waals surface area contributed by atoms with Gasteiger partial charge in [-0.15, -0.1) is 11.3 Å². The number of benzene rings is 2. The summed E-state index contributed by atoms with van der Waals surface area (Å²) in [6.45, 7) is 0. The fourth-order valence-electron chi connectivity index (χ4n) is 2.06. The molecular weight excluding hydrogens is 389 g/mol. The molecule has 122 valence electrons. The van der Waals surface area contributed by atoms with Gasteiger partial charge in [0.15, 0.2) is 5.78 Å². The van der Waals surface area contributed by atoms with Crippen molar-refractivity contribution >= 4 is 50.2 Å². The van der Waals surface area contributed by atoms with Crippen molar-refractivity contribution in [2.45, 2.75) is 9.24 Å². The molecule has 3 rings (SSSR count). The number of sulfone groups is 1. The van der Waals surface area contributed by atoms with Crippen LogP contribution in [0.4, 0.5) is 0 Å². The Morgan fingerprint density at radius 3 is 2.38 bits per heavy atom. The highest BCUT2D eigenvalue weighted by Gasteiger charge is 2.21. The molecule has 0 unspecified atom stereocenters. The van der Waals surface area contributed by atoms with Gasteiger partial charge in [-0.25, -0.2) is 13.4 Å². The van der Waals surface area contributed by atoms with Crippen molar-refractivity contribution in [3.05, 3.63) is 75.2 Å². The number of carbonyl (C=O) groups excluding carboxylic acids is 1. The predicted molar refractivity (Wildman–Crippen MR) is 93.9 cm³/mol. The normalized spacial score (nSPS) is 11.4. The van der Waals surface area contributed by atoms with E-state index < -0.39 is 9.84 Å². The number of aromatic nitrogens is 1. The number of rotatable bonds is 4. The van der Waals surface area contributed by atoms with E-state index in [1.54, 1.807) is 17.5 Å². The Morgan fingerprint density at radius 2 is 1.75 bits per heavy atom. The zero-order valence-electron chi connectivity index (χ0n) is 11.9. The third kappa shape index (κ3) is 3.23. The second kappa shape index (κ2) is 6.64. The van der Waals surface area contributed by atoms with E-state index in [9.17, 15) is 13.2 Å². The molecule has 1 heterocycles. The number of carbonyl (C=O) groups is 1. The smallest absolute Gasteiger partial charge is 0.233 e. The highest BCUT2D eigenvalue weighted by molar-refractivity contribution is 7.93. The molecule has 3 aromatic rings. The third-order valence-corrected chi connectivity index (χ3v) is 6.77. The summed E-state index contributed by atoms with van der Waals surface area (Å²) in [7, 11) is -3.67. The van der Waals surface area contributed by atoms with Crippen molar-refractivity contribution in [3.63, 3.8) is 0 Å². The topological polar surface area (TPSA) is 64.1 Å². The van der Waals surface area contributed by atoms with Crippen LogP contribution in [0.15, 0.2) is 63.3 Å². The summed E-state index contributed by atoms with van der Waals surface area (Å²) in [6, 6.07) is 10.3. The Kier molecular flexibility index (Phi) is 4.73. The van der Waals surface area contributed by atoms with Gasteiger partial charge in [0.2, 0.25) is 14.2 Å². The number of halogens is 2. The lowest BCUT2D eigenvalue weighted by Crippen LogP contribution is -2.05. The number of hydrogen-bond acceptors (Lipinski definition) is 5. The van der Waals surface area contributed by atoms with Gasteiger partial charge in [-0.1, -0.05) is 23.2 Å². The van der Waals surface area contributed by atoms with Crippen LogP contribution in [0.3, 0.4) is 0 Å². The van der Waals surface area contributed by atoms with E-state index in [4.69, 9.17) is 23.2 Å². The first-order chi connectivity index (χ1) is 11.4. The summed E-state index contributed by atoms with van der Waals surface area (Å²) in [5.74, 6) is -0.333. The number of ketones is 1. The first-order valence-electron chi connectivity index (χ1n) is 6.64. The van der Waals surface area contributed by atoms with Crippen LogP contribution in [0.2, 0.25) is 10.0 Å². The molecule has 0 fully saturated rings. The molecule has 0 aliphatic heterocycles. The molecular formula is C16H9Cl2NO3S2. The molecule has 4 nitrogen and oxygen atoms in total. The second-order valence-corrected chi connectivity index (χ2v) is 8.64. The summed E-state index contributed by atoms with van der Waals surface area (Å²) in [5.41, 5.74) is 0.581. The van der Waals surface area contributed by atoms with Gasteiger partial charge in [0, 0.05) is 27.7 Å². The average molecular weight is 398 g/mol. The Balaban J connectivity index is 1.95. The van der Waals surface area contributed by atoms with Gasteiger partial charge in [-0.3, -0.25) is 4.79 Å². The highest BCUT2D eigenvalue weighted by Crippen LogP contribution is 2.26. The third-order valence-electron chi connectivity index (χ3n) is 3.24. The molecule has 2 aromatic carbocycles. The van der Waals surface area contributed by atoms with Crippen molar-refractivity contribution in [1.82, 2.24) is 4.98 Å². The molecule has 0 spiro atoms. The molecule has 0 aliphatic rings. The highest BCUT2D eigenvalue weighted by atomic mass is 35.5. The van der Waals surface area contributed by atoms with Crippen molar-refractivity contribution in [2.24, 2.45) is 0 Å². The van der Waals surface area contributed by atoms with E-state index >= 15 is 0 Å². The molecule has 0 N–H and O–H groups in total. The second-order valence-electron chi connectivity index (χ2n) is 4.78. The summed E-state index contributed by atoms with van der Waals surface area (Å²) in [5, 5.41) is 2.26. The average Bonchev–Trinajstić information content (AvgIpc) is 3.12. The summed E-state index contributed by atoms with van der Waals surface area (Å²) in [4.78, 5) is 16.4. The van der Waals surface area contributed by atoms with Crippen molar-refractivity contribution in [2.75, 3.05) is 0 Å². The SMILES string of the molecule is O=C(c1ccc(S(=O)(=O)c2nccs2)cc1)c1cc(Cl)ccc1Cl. The van der Waals surface area contributed by atoms with E-state index in [0.29, 0.717) is 10.6 Å². The summed E-state index contributed by atoms with van der Waals surface area (Å²) >= 11 is 13.0. The van der Waals surface area contributed by atoms with Crippen LogP contribution in [-0.4, -0.2) is 19.2 Å². The number of nitrogens with zero attached hydrogens (tertiary/aromatic N) is 1. The maximum atomic E-state index is 12.5. The molecule has 0 amide bonds.